The Morgan fingerprint density at radius 3 is 1.23 bits per heavy atom. The van der Waals surface area contributed by atoms with Gasteiger partial charge < -0.3 is 18.9 Å². The molecule has 262 valence electrons. The number of ketones is 2. The highest BCUT2D eigenvalue weighted by Crippen LogP contribution is 2.26. The molecule has 0 aliphatic rings. The van der Waals surface area contributed by atoms with Crippen LogP contribution in [-0.4, -0.2) is 49.0 Å². The number of benzene rings is 2. The van der Waals surface area contributed by atoms with Gasteiger partial charge in [0.05, 0.1) is 13.2 Å². The molecule has 2 aromatic carbocycles. The standard InChI is InChI=1S/C36H46O12/c1-5-9-11-13-15-17-29(37)25-19-21-31(45-35(41)43-7-3)27(23-25)33(39)47-48-34(40)28-24-26(30(38)18-16-14-12-10-6-2)20-22-32(28)46-36(42)44-8-4/h19-24H,5-18H2,1-4H3. The second-order valence-electron chi connectivity index (χ2n) is 10.9. The second kappa shape index (κ2) is 21.9. The fraction of sp³-hybridized carbons (Fsp3) is 0.500. The molecule has 0 saturated heterocycles. The van der Waals surface area contributed by atoms with Gasteiger partial charge in [0.1, 0.15) is 22.6 Å². The highest BCUT2D eigenvalue weighted by molar-refractivity contribution is 6.02. The minimum absolute atomic E-state index is 0.00144. The van der Waals surface area contributed by atoms with E-state index in [1.165, 1.54) is 36.4 Å². The molecule has 2 aromatic rings. The third kappa shape index (κ3) is 13.5. The van der Waals surface area contributed by atoms with Crippen molar-refractivity contribution in [2.75, 3.05) is 13.2 Å². The maximum absolute atomic E-state index is 13.2. The van der Waals surface area contributed by atoms with E-state index >= 15 is 0 Å². The summed E-state index contributed by atoms with van der Waals surface area (Å²) in [7, 11) is 0. The Kier molecular flexibility index (Phi) is 18.0. The number of rotatable bonds is 20. The van der Waals surface area contributed by atoms with Crippen LogP contribution in [0.2, 0.25) is 0 Å². The highest BCUT2D eigenvalue weighted by Gasteiger charge is 2.25. The molecule has 0 aromatic heterocycles. The zero-order valence-electron chi connectivity index (χ0n) is 28.3. The molecule has 0 N–H and O–H groups in total. The summed E-state index contributed by atoms with van der Waals surface area (Å²) in [6.45, 7) is 7.31. The molecule has 0 aliphatic carbocycles. The van der Waals surface area contributed by atoms with E-state index in [4.69, 9.17) is 28.7 Å². The molecule has 0 radical (unpaired) electrons. The van der Waals surface area contributed by atoms with Crippen molar-refractivity contribution in [1.29, 1.82) is 0 Å². The van der Waals surface area contributed by atoms with Crippen molar-refractivity contribution in [2.45, 2.75) is 105 Å². The average Bonchev–Trinajstić information content (AvgIpc) is 3.07. The molecule has 0 saturated carbocycles. The lowest BCUT2D eigenvalue weighted by molar-refractivity contribution is -0.187. The van der Waals surface area contributed by atoms with Crippen molar-refractivity contribution in [2.24, 2.45) is 0 Å². The smallest absolute Gasteiger partial charge is 0.434 e. The zero-order chi connectivity index (χ0) is 35.3. The van der Waals surface area contributed by atoms with Gasteiger partial charge in [-0.3, -0.25) is 9.59 Å². The van der Waals surface area contributed by atoms with Crippen molar-refractivity contribution in [3.05, 3.63) is 58.7 Å². The van der Waals surface area contributed by atoms with Crippen LogP contribution < -0.4 is 9.47 Å². The summed E-state index contributed by atoms with van der Waals surface area (Å²) in [6.07, 6.45) is 7.61. The van der Waals surface area contributed by atoms with Gasteiger partial charge in [-0.15, -0.1) is 0 Å². The van der Waals surface area contributed by atoms with E-state index < -0.39 is 24.2 Å². The SMILES string of the molecule is CCCCCCCC(=O)c1ccc(OC(=O)OCC)c(C(=O)OOC(=O)c2cc(C(=O)CCCCCCC)ccc2OC(=O)OCC)c1. The van der Waals surface area contributed by atoms with Gasteiger partial charge in [0.15, 0.2) is 11.6 Å². The topological polar surface area (TPSA) is 158 Å². The van der Waals surface area contributed by atoms with E-state index in [0.717, 1.165) is 51.4 Å². The second-order valence-corrected chi connectivity index (χ2v) is 10.9. The minimum atomic E-state index is -1.27. The Morgan fingerprint density at radius 1 is 0.500 bits per heavy atom. The quantitative estimate of drug-likeness (QED) is 0.0330. The summed E-state index contributed by atoms with van der Waals surface area (Å²) in [4.78, 5) is 85.7. The van der Waals surface area contributed by atoms with Crippen molar-refractivity contribution in [3.63, 3.8) is 0 Å². The molecule has 0 fully saturated rings. The molecule has 0 spiro atoms. The van der Waals surface area contributed by atoms with Crippen LogP contribution in [0.1, 0.15) is 146 Å². The zero-order valence-corrected chi connectivity index (χ0v) is 28.3. The van der Waals surface area contributed by atoms with Crippen LogP contribution in [-0.2, 0) is 19.2 Å². The van der Waals surface area contributed by atoms with Gasteiger partial charge in [-0.2, -0.15) is 0 Å². The summed E-state index contributed by atoms with van der Waals surface area (Å²) in [6, 6.07) is 7.63. The van der Waals surface area contributed by atoms with E-state index in [-0.39, 0.29) is 71.4 Å². The van der Waals surface area contributed by atoms with Gasteiger partial charge in [-0.05, 0) is 63.1 Å². The van der Waals surface area contributed by atoms with Gasteiger partial charge in [-0.25, -0.2) is 29.0 Å². The Balaban J connectivity index is 2.28. The van der Waals surface area contributed by atoms with Gasteiger partial charge in [-0.1, -0.05) is 65.2 Å². The number of Topliss-reactive ketones (excluding diaryl/α,β-unsaturated/α-hetero) is 2. The largest absolute Gasteiger partial charge is 0.513 e. The van der Waals surface area contributed by atoms with Crippen LogP contribution in [0.4, 0.5) is 9.59 Å². The van der Waals surface area contributed by atoms with Crippen LogP contribution >= 0.6 is 0 Å². The number of unbranched alkanes of at least 4 members (excludes halogenated alkanes) is 8. The maximum Gasteiger partial charge on any atom is 0.513 e. The number of ether oxygens (including phenoxy) is 4. The number of carbonyl (C=O) groups is 6. The van der Waals surface area contributed by atoms with Crippen LogP contribution in [0.25, 0.3) is 0 Å². The fourth-order valence-corrected chi connectivity index (χ4v) is 4.61. The Labute approximate surface area is 281 Å². The first-order valence-electron chi connectivity index (χ1n) is 16.6. The monoisotopic (exact) mass is 670 g/mol. The van der Waals surface area contributed by atoms with Gasteiger partial charge in [0.2, 0.25) is 0 Å². The molecule has 0 amide bonds. The molecular weight excluding hydrogens is 624 g/mol. The molecule has 12 nitrogen and oxygen atoms in total. The van der Waals surface area contributed by atoms with Crippen LogP contribution in [0, 0.1) is 0 Å². The molecule has 0 unspecified atom stereocenters. The fourth-order valence-electron chi connectivity index (χ4n) is 4.61. The third-order valence-corrected chi connectivity index (χ3v) is 7.16. The van der Waals surface area contributed by atoms with E-state index in [9.17, 15) is 28.8 Å². The van der Waals surface area contributed by atoms with Gasteiger partial charge >= 0.3 is 24.2 Å². The highest BCUT2D eigenvalue weighted by atomic mass is 17.2. The summed E-state index contributed by atoms with van der Waals surface area (Å²) in [5.41, 5.74) is -0.456. The van der Waals surface area contributed by atoms with Gasteiger partial charge in [0.25, 0.3) is 0 Å². The van der Waals surface area contributed by atoms with E-state index in [0.29, 0.717) is 12.8 Å². The summed E-state index contributed by atoms with van der Waals surface area (Å²) >= 11 is 0. The van der Waals surface area contributed by atoms with Crippen LogP contribution in [0.5, 0.6) is 11.5 Å². The summed E-state index contributed by atoms with van der Waals surface area (Å²) < 4.78 is 19.8. The third-order valence-electron chi connectivity index (χ3n) is 7.16. The van der Waals surface area contributed by atoms with E-state index in [2.05, 4.69) is 13.8 Å². The molecule has 2 rings (SSSR count). The van der Waals surface area contributed by atoms with Gasteiger partial charge in [0, 0.05) is 24.0 Å². The normalized spacial score (nSPS) is 10.5. The van der Waals surface area contributed by atoms with E-state index in [1.54, 1.807) is 13.8 Å². The molecule has 0 aliphatic heterocycles. The lowest BCUT2D eigenvalue weighted by atomic mass is 10.0. The van der Waals surface area contributed by atoms with Crippen molar-refractivity contribution in [1.82, 2.24) is 0 Å². The molecule has 0 atom stereocenters. The molecular formula is C36H46O12. The molecule has 12 heteroatoms. The Bertz CT molecular complexity index is 1290. The summed E-state index contributed by atoms with van der Waals surface area (Å²) in [5.74, 6) is -3.63. The molecule has 48 heavy (non-hydrogen) atoms. The Hall–Kier alpha value is -4.74. The van der Waals surface area contributed by atoms with Crippen molar-refractivity contribution in [3.8, 4) is 11.5 Å². The maximum atomic E-state index is 13.2. The lowest BCUT2D eigenvalue weighted by Gasteiger charge is -2.12. The molecule has 0 heterocycles. The van der Waals surface area contributed by atoms with Crippen LogP contribution in [0.15, 0.2) is 36.4 Å². The molecule has 0 bridgehead atoms. The first-order chi connectivity index (χ1) is 23.1. The van der Waals surface area contributed by atoms with E-state index in [1.807, 2.05) is 0 Å². The average molecular weight is 671 g/mol. The number of carbonyl (C=O) groups excluding carboxylic acids is 6. The minimum Gasteiger partial charge on any atom is -0.434 e. The van der Waals surface area contributed by atoms with Crippen molar-refractivity contribution >= 4 is 35.8 Å². The predicted molar refractivity (Wildman–Crippen MR) is 174 cm³/mol. The Morgan fingerprint density at radius 2 is 0.875 bits per heavy atom. The van der Waals surface area contributed by atoms with Crippen molar-refractivity contribution < 1.29 is 57.5 Å². The number of hydrogen-bond acceptors (Lipinski definition) is 12. The summed E-state index contributed by atoms with van der Waals surface area (Å²) in [5, 5.41) is 0. The predicted octanol–water partition coefficient (Wildman–Crippen LogP) is 8.77. The first kappa shape index (κ1) is 39.4. The number of hydrogen-bond donors (Lipinski definition) is 0. The lowest BCUT2D eigenvalue weighted by Crippen LogP contribution is -2.18. The van der Waals surface area contributed by atoms with Crippen LogP contribution in [0.3, 0.4) is 0 Å². The first-order valence-corrected chi connectivity index (χ1v) is 16.6.